The predicted octanol–water partition coefficient (Wildman–Crippen LogP) is 6.78. The molecule has 0 amide bonds. The van der Waals surface area contributed by atoms with Crippen molar-refractivity contribution < 1.29 is 34.0 Å². The molecule has 4 aromatic rings. The smallest absolute Gasteiger partial charge is 0.320 e. The maximum absolute atomic E-state index is 12.1. The summed E-state index contributed by atoms with van der Waals surface area (Å²) in [5, 5.41) is 29.5. The van der Waals surface area contributed by atoms with E-state index >= 15 is 0 Å². The molecular weight excluding hydrogens is 708 g/mol. The maximum Gasteiger partial charge on any atom is 0.320 e. The van der Waals surface area contributed by atoms with Gasteiger partial charge in [0.25, 0.3) is 0 Å². The van der Waals surface area contributed by atoms with Crippen molar-refractivity contribution in [1.29, 1.82) is 5.26 Å². The Morgan fingerprint density at radius 1 is 1.02 bits per heavy atom. The molecule has 0 aliphatic carbocycles. The van der Waals surface area contributed by atoms with Crippen molar-refractivity contribution in [2.24, 2.45) is 0 Å². The number of aromatic nitrogens is 1. The monoisotopic (exact) mass is 752 g/mol. The topological polar surface area (TPSA) is 138 Å². The summed E-state index contributed by atoms with van der Waals surface area (Å²) in [6.07, 6.45) is 6.86. The third-order valence-corrected chi connectivity index (χ3v) is 10.8. The second kappa shape index (κ2) is 17.1. The van der Waals surface area contributed by atoms with Crippen LogP contribution in [-0.2, 0) is 24.6 Å². The molecule has 4 heterocycles. The van der Waals surface area contributed by atoms with Gasteiger partial charge in [-0.3, -0.25) is 14.7 Å². The zero-order valence-electron chi connectivity index (χ0n) is 30.4. The number of ether oxygens (including phenoxy) is 4. The number of nitriles is 1. The Labute approximate surface area is 320 Å². The number of aliphatic hydroxyl groups is 1. The Morgan fingerprint density at radius 3 is 2.70 bits per heavy atom. The number of rotatable bonds is 13. The summed E-state index contributed by atoms with van der Waals surface area (Å²) in [5.74, 6) is 1.57. The molecule has 12 heteroatoms. The van der Waals surface area contributed by atoms with E-state index in [9.17, 15) is 20.3 Å². The Kier molecular flexibility index (Phi) is 11.8. The first-order valence-corrected chi connectivity index (χ1v) is 18.9. The van der Waals surface area contributed by atoms with E-state index in [0.717, 1.165) is 83.7 Å². The number of β-amino-alcohol motifs (C(OH)–C–C–N with tert-alkyl or cyclic N) is 1. The summed E-state index contributed by atoms with van der Waals surface area (Å²) in [4.78, 5) is 20.4. The van der Waals surface area contributed by atoms with Crippen LogP contribution in [-0.4, -0.2) is 82.0 Å². The van der Waals surface area contributed by atoms with Crippen molar-refractivity contribution in [3.05, 3.63) is 99.8 Å². The minimum absolute atomic E-state index is 0.0610. The number of carboxylic acids is 1. The average molecular weight is 753 g/mol. The summed E-state index contributed by atoms with van der Waals surface area (Å²) in [7, 11) is 0. The number of fused-ring (bicyclic) bond motifs is 1. The fourth-order valence-corrected chi connectivity index (χ4v) is 7.73. The lowest BCUT2D eigenvalue weighted by Crippen LogP contribution is -2.44. The minimum atomic E-state index is -0.837. The van der Waals surface area contributed by atoms with E-state index in [1.807, 2.05) is 35.2 Å². The number of aliphatic carboxylic acids is 1. The SMILES string of the molecule is Cc1c(COc2cc(OCc3cncc(C#N)c3)c(CN3CCCC[C@H]3C(=O)O)cc2Cl)cccc1-c1ccc2c(c1)OC(CCN1CC[C@H](O)C1)CO2. The fourth-order valence-electron chi connectivity index (χ4n) is 7.49. The molecule has 0 bridgehead atoms. The first kappa shape index (κ1) is 37.5. The lowest BCUT2D eigenvalue weighted by molar-refractivity contribution is -0.144. The van der Waals surface area contributed by atoms with Crippen LogP contribution >= 0.6 is 11.6 Å². The Morgan fingerprint density at radius 2 is 1.89 bits per heavy atom. The van der Waals surface area contributed by atoms with Gasteiger partial charge in [-0.2, -0.15) is 5.26 Å². The van der Waals surface area contributed by atoms with Crippen molar-refractivity contribution >= 4 is 17.6 Å². The number of benzene rings is 3. The molecule has 2 fully saturated rings. The van der Waals surface area contributed by atoms with Crippen LogP contribution in [0.5, 0.6) is 23.0 Å². The number of hydrogen-bond donors (Lipinski definition) is 2. The summed E-state index contributed by atoms with van der Waals surface area (Å²) in [5.41, 5.74) is 5.99. The number of halogens is 1. The van der Waals surface area contributed by atoms with Gasteiger partial charge < -0.3 is 34.1 Å². The van der Waals surface area contributed by atoms with Gasteiger partial charge in [-0.05, 0) is 79.3 Å². The highest BCUT2D eigenvalue weighted by Gasteiger charge is 2.30. The molecule has 3 atom stereocenters. The molecule has 3 aromatic carbocycles. The van der Waals surface area contributed by atoms with Gasteiger partial charge >= 0.3 is 5.97 Å². The van der Waals surface area contributed by atoms with E-state index in [0.29, 0.717) is 54.7 Å². The van der Waals surface area contributed by atoms with E-state index < -0.39 is 12.0 Å². The van der Waals surface area contributed by atoms with Crippen molar-refractivity contribution in [2.75, 3.05) is 32.8 Å². The molecule has 0 spiro atoms. The average Bonchev–Trinajstić information content (AvgIpc) is 3.61. The fraction of sp³-hybridized carbons (Fsp3) is 0.405. The number of aliphatic hydroxyl groups excluding tert-OH is 1. The second-order valence-electron chi connectivity index (χ2n) is 14.3. The molecule has 1 aromatic heterocycles. The van der Waals surface area contributed by atoms with Gasteiger partial charge in [0.05, 0.1) is 16.7 Å². The third-order valence-electron chi connectivity index (χ3n) is 10.5. The van der Waals surface area contributed by atoms with Crippen LogP contribution in [0.15, 0.2) is 67.0 Å². The van der Waals surface area contributed by atoms with Crippen LogP contribution in [0.3, 0.4) is 0 Å². The van der Waals surface area contributed by atoms with Crippen molar-refractivity contribution in [1.82, 2.24) is 14.8 Å². The highest BCUT2D eigenvalue weighted by Crippen LogP contribution is 2.39. The molecule has 54 heavy (non-hydrogen) atoms. The molecule has 11 nitrogen and oxygen atoms in total. The molecular formula is C42H45ClN4O7. The molecule has 3 aliphatic rings. The number of pyridine rings is 1. The Balaban J connectivity index is 1.07. The number of carboxylic acid groups (broad SMARTS) is 1. The van der Waals surface area contributed by atoms with Gasteiger partial charge in [0.2, 0.25) is 0 Å². The zero-order valence-corrected chi connectivity index (χ0v) is 31.1. The zero-order chi connectivity index (χ0) is 37.6. The van der Waals surface area contributed by atoms with Gasteiger partial charge in [-0.15, -0.1) is 0 Å². The largest absolute Gasteiger partial charge is 0.488 e. The van der Waals surface area contributed by atoms with Crippen LogP contribution in [0.2, 0.25) is 5.02 Å². The van der Waals surface area contributed by atoms with E-state index in [-0.39, 0.29) is 25.4 Å². The molecule has 2 saturated heterocycles. The van der Waals surface area contributed by atoms with Gasteiger partial charge in [-0.1, -0.05) is 42.3 Å². The lowest BCUT2D eigenvalue weighted by Gasteiger charge is -2.33. The number of hydrogen-bond acceptors (Lipinski definition) is 10. The number of piperidine rings is 1. The van der Waals surface area contributed by atoms with E-state index in [1.54, 1.807) is 24.4 Å². The normalized spacial score (nSPS) is 20.0. The number of carbonyl (C=O) groups is 1. The second-order valence-corrected chi connectivity index (χ2v) is 14.7. The summed E-state index contributed by atoms with van der Waals surface area (Å²) < 4.78 is 25.1. The van der Waals surface area contributed by atoms with Crippen LogP contribution in [0.1, 0.15) is 59.9 Å². The first-order chi connectivity index (χ1) is 26.2. The summed E-state index contributed by atoms with van der Waals surface area (Å²) >= 11 is 6.85. The van der Waals surface area contributed by atoms with Gasteiger partial charge in [0.1, 0.15) is 49.5 Å². The van der Waals surface area contributed by atoms with Gasteiger partial charge in [0, 0.05) is 62.2 Å². The summed E-state index contributed by atoms with van der Waals surface area (Å²) in [6.45, 7) is 6.45. The maximum atomic E-state index is 12.1. The van der Waals surface area contributed by atoms with Crippen LogP contribution in [0.25, 0.3) is 11.1 Å². The number of likely N-dealkylation sites (tertiary alicyclic amines) is 2. The van der Waals surface area contributed by atoms with E-state index in [4.69, 9.17) is 30.5 Å². The molecule has 282 valence electrons. The molecule has 3 aliphatic heterocycles. The minimum Gasteiger partial charge on any atom is -0.488 e. The van der Waals surface area contributed by atoms with Crippen LogP contribution in [0.4, 0.5) is 0 Å². The molecule has 7 rings (SSSR count). The van der Waals surface area contributed by atoms with E-state index in [2.05, 4.69) is 28.9 Å². The predicted molar refractivity (Wildman–Crippen MR) is 203 cm³/mol. The van der Waals surface area contributed by atoms with E-state index in [1.165, 1.54) is 6.20 Å². The molecule has 0 saturated carbocycles. The highest BCUT2D eigenvalue weighted by molar-refractivity contribution is 6.32. The summed E-state index contributed by atoms with van der Waals surface area (Å²) in [6, 6.07) is 19.0. The van der Waals surface area contributed by atoms with Crippen LogP contribution < -0.4 is 18.9 Å². The van der Waals surface area contributed by atoms with Crippen molar-refractivity contribution in [3.8, 4) is 40.2 Å². The molecule has 2 N–H and O–H groups in total. The third kappa shape index (κ3) is 8.91. The highest BCUT2D eigenvalue weighted by atomic mass is 35.5. The van der Waals surface area contributed by atoms with Gasteiger partial charge in [-0.25, -0.2) is 0 Å². The Hall–Kier alpha value is -4.86. The first-order valence-electron chi connectivity index (χ1n) is 18.6. The van der Waals surface area contributed by atoms with Crippen molar-refractivity contribution in [3.63, 3.8) is 0 Å². The van der Waals surface area contributed by atoms with Gasteiger partial charge in [0.15, 0.2) is 11.5 Å². The quantitative estimate of drug-likeness (QED) is 0.150. The van der Waals surface area contributed by atoms with Crippen LogP contribution in [0, 0.1) is 18.3 Å². The lowest BCUT2D eigenvalue weighted by atomic mass is 9.96. The molecule has 1 unspecified atom stereocenters. The number of nitrogens with zero attached hydrogens (tertiary/aromatic N) is 4. The standard InChI is InChI=1S/C42H45ClN4O7/c1-27-31(5-4-6-35(27)30-8-9-38-41(17-30)54-34(26-53-38)11-14-46-13-10-33(48)23-46)25-52-40-18-39(51-24-29-15-28(19-44)20-45-21-29)32(16-36(40)43)22-47-12-3-2-7-37(47)42(49)50/h4-6,8-9,15-18,20-21,33-34,37,48H,2-3,7,10-14,22-26H2,1H3,(H,49,50)/t33-,34?,37-/m0/s1. The van der Waals surface area contributed by atoms with Crippen molar-refractivity contribution in [2.45, 2.75) is 77.0 Å². The molecule has 0 radical (unpaired) electrons. The Bertz CT molecular complexity index is 2020.